The minimum Gasteiger partial charge on any atom is -0.382 e. The van der Waals surface area contributed by atoms with Gasteiger partial charge >= 0.3 is 0 Å². The van der Waals surface area contributed by atoms with Gasteiger partial charge in [0.05, 0.1) is 19.8 Å². The molecule has 0 fully saturated rings. The van der Waals surface area contributed by atoms with Crippen LogP contribution in [0.1, 0.15) is 19.0 Å². The maximum atomic E-state index is 5.45. The van der Waals surface area contributed by atoms with Crippen molar-refractivity contribution in [3.63, 3.8) is 0 Å². The van der Waals surface area contributed by atoms with Crippen molar-refractivity contribution < 1.29 is 9.47 Å². The average molecular weight is 389 g/mol. The number of halogens is 1. The van der Waals surface area contributed by atoms with Gasteiger partial charge in [-0.3, -0.25) is 4.99 Å². The summed E-state index contributed by atoms with van der Waals surface area (Å²) < 4.78 is 13.6. The van der Waals surface area contributed by atoms with Gasteiger partial charge < -0.3 is 24.3 Å². The zero-order valence-electron chi connectivity index (χ0n) is 14.6. The first kappa shape index (κ1) is 20.0. The van der Waals surface area contributed by atoms with Crippen molar-refractivity contribution >= 4 is 21.9 Å². The second-order valence-electron chi connectivity index (χ2n) is 5.31. The normalized spacial score (nSPS) is 11.8. The first-order valence-electron chi connectivity index (χ1n) is 7.95. The van der Waals surface area contributed by atoms with E-state index in [-0.39, 0.29) is 0 Å². The Morgan fingerprint density at radius 1 is 1.39 bits per heavy atom. The SMILES string of the molecule is CCNC(=NCCCOCCOC)N(C)Cc1cc(Br)cn1C. The Kier molecular flexibility index (Phi) is 9.98. The van der Waals surface area contributed by atoms with E-state index < -0.39 is 0 Å². The molecule has 1 aromatic rings. The number of aliphatic imine (C=N–C) groups is 1. The standard InChI is InChI=1S/C16H29BrN4O2/c1-5-18-16(19-7-6-8-23-10-9-22-4)21(3)13-15-11-14(17)12-20(15)2/h11-12H,5-10,13H2,1-4H3,(H,18,19). The zero-order chi connectivity index (χ0) is 17.1. The van der Waals surface area contributed by atoms with Crippen LogP contribution in [0, 0.1) is 0 Å². The van der Waals surface area contributed by atoms with E-state index in [1.165, 1.54) is 5.69 Å². The van der Waals surface area contributed by atoms with Crippen LogP contribution in [0.25, 0.3) is 0 Å². The van der Waals surface area contributed by atoms with E-state index in [0.29, 0.717) is 19.8 Å². The second kappa shape index (κ2) is 11.5. The van der Waals surface area contributed by atoms with Gasteiger partial charge in [0.15, 0.2) is 5.96 Å². The molecule has 0 saturated carbocycles. The number of rotatable bonds is 10. The molecule has 0 aromatic carbocycles. The van der Waals surface area contributed by atoms with Crippen molar-refractivity contribution in [1.82, 2.24) is 14.8 Å². The highest BCUT2D eigenvalue weighted by Crippen LogP contribution is 2.14. The molecule has 0 aliphatic rings. The number of hydrogen-bond acceptors (Lipinski definition) is 3. The molecule has 132 valence electrons. The topological polar surface area (TPSA) is 51.0 Å². The van der Waals surface area contributed by atoms with Crippen molar-refractivity contribution in [3.05, 3.63) is 22.4 Å². The molecule has 7 heteroatoms. The Balaban J connectivity index is 2.45. The lowest BCUT2D eigenvalue weighted by Crippen LogP contribution is -2.39. The Bertz CT molecular complexity index is 477. The maximum absolute atomic E-state index is 5.45. The van der Waals surface area contributed by atoms with Gasteiger partial charge in [-0.25, -0.2) is 0 Å². The molecule has 0 spiro atoms. The quantitative estimate of drug-likeness (QED) is 0.379. The van der Waals surface area contributed by atoms with E-state index in [0.717, 1.165) is 36.5 Å². The molecule has 1 heterocycles. The van der Waals surface area contributed by atoms with Crippen LogP contribution in [0.2, 0.25) is 0 Å². The summed E-state index contributed by atoms with van der Waals surface area (Å²) in [5, 5.41) is 3.33. The van der Waals surface area contributed by atoms with E-state index >= 15 is 0 Å². The average Bonchev–Trinajstić information content (AvgIpc) is 2.82. The highest BCUT2D eigenvalue weighted by Gasteiger charge is 2.09. The first-order valence-corrected chi connectivity index (χ1v) is 8.74. The molecule has 0 aliphatic heterocycles. The molecule has 0 unspecified atom stereocenters. The fraction of sp³-hybridized carbons (Fsp3) is 0.688. The molecule has 6 nitrogen and oxygen atoms in total. The monoisotopic (exact) mass is 388 g/mol. The smallest absolute Gasteiger partial charge is 0.194 e. The molecule has 0 radical (unpaired) electrons. The summed E-state index contributed by atoms with van der Waals surface area (Å²) in [4.78, 5) is 6.80. The Labute approximate surface area is 148 Å². The highest BCUT2D eigenvalue weighted by molar-refractivity contribution is 9.10. The fourth-order valence-corrected chi connectivity index (χ4v) is 2.68. The van der Waals surface area contributed by atoms with E-state index in [9.17, 15) is 0 Å². The van der Waals surface area contributed by atoms with Crippen LogP contribution in [-0.2, 0) is 23.1 Å². The second-order valence-corrected chi connectivity index (χ2v) is 6.23. The van der Waals surface area contributed by atoms with Gasteiger partial charge in [0, 0.05) is 57.3 Å². The van der Waals surface area contributed by atoms with Crippen molar-refractivity contribution in [1.29, 1.82) is 0 Å². The molecule has 0 amide bonds. The molecular formula is C16H29BrN4O2. The lowest BCUT2D eigenvalue weighted by atomic mass is 10.4. The lowest BCUT2D eigenvalue weighted by molar-refractivity contribution is 0.0702. The predicted octanol–water partition coefficient (Wildman–Crippen LogP) is 2.24. The van der Waals surface area contributed by atoms with Crippen LogP contribution < -0.4 is 5.32 Å². The van der Waals surface area contributed by atoms with E-state index in [2.05, 4.69) is 69.0 Å². The van der Waals surface area contributed by atoms with Crippen LogP contribution >= 0.6 is 15.9 Å². The number of hydrogen-bond donors (Lipinski definition) is 1. The van der Waals surface area contributed by atoms with E-state index in [4.69, 9.17) is 9.47 Å². The van der Waals surface area contributed by atoms with Crippen molar-refractivity contribution in [3.8, 4) is 0 Å². The largest absolute Gasteiger partial charge is 0.382 e. The Morgan fingerprint density at radius 2 is 2.17 bits per heavy atom. The van der Waals surface area contributed by atoms with Crippen LogP contribution in [0.4, 0.5) is 0 Å². The Morgan fingerprint density at radius 3 is 2.78 bits per heavy atom. The molecule has 1 aromatic heterocycles. The summed E-state index contributed by atoms with van der Waals surface area (Å²) in [7, 11) is 5.78. The lowest BCUT2D eigenvalue weighted by Gasteiger charge is -2.22. The number of aryl methyl sites for hydroxylation is 1. The predicted molar refractivity (Wildman–Crippen MR) is 97.9 cm³/mol. The van der Waals surface area contributed by atoms with Crippen LogP contribution in [-0.4, -0.2) is 62.5 Å². The van der Waals surface area contributed by atoms with Crippen LogP contribution in [0.15, 0.2) is 21.7 Å². The molecular weight excluding hydrogens is 360 g/mol. The zero-order valence-corrected chi connectivity index (χ0v) is 16.2. The summed E-state index contributed by atoms with van der Waals surface area (Å²) in [6.07, 6.45) is 2.97. The Hall–Kier alpha value is -1.05. The number of guanidine groups is 1. The summed E-state index contributed by atoms with van der Waals surface area (Å²) in [5.74, 6) is 0.918. The molecule has 1 rings (SSSR count). The maximum Gasteiger partial charge on any atom is 0.194 e. The molecule has 0 bridgehead atoms. The summed E-state index contributed by atoms with van der Waals surface area (Å²) in [6, 6.07) is 2.13. The summed E-state index contributed by atoms with van der Waals surface area (Å²) in [5.41, 5.74) is 1.23. The molecule has 0 atom stereocenters. The fourth-order valence-electron chi connectivity index (χ4n) is 2.11. The highest BCUT2D eigenvalue weighted by atomic mass is 79.9. The molecule has 1 N–H and O–H groups in total. The molecule has 23 heavy (non-hydrogen) atoms. The van der Waals surface area contributed by atoms with E-state index in [1.54, 1.807) is 7.11 Å². The summed E-state index contributed by atoms with van der Waals surface area (Å²) >= 11 is 3.51. The van der Waals surface area contributed by atoms with Crippen LogP contribution in [0.5, 0.6) is 0 Å². The number of nitrogens with one attached hydrogen (secondary N) is 1. The third-order valence-corrected chi connectivity index (χ3v) is 3.74. The number of methoxy groups -OCH3 is 1. The van der Waals surface area contributed by atoms with Crippen LogP contribution in [0.3, 0.4) is 0 Å². The van der Waals surface area contributed by atoms with Gasteiger partial charge in [-0.1, -0.05) is 0 Å². The minimum atomic E-state index is 0.640. The van der Waals surface area contributed by atoms with E-state index in [1.807, 2.05) is 0 Å². The van der Waals surface area contributed by atoms with Gasteiger partial charge in [-0.15, -0.1) is 0 Å². The first-order chi connectivity index (χ1) is 11.1. The van der Waals surface area contributed by atoms with Crippen molar-refractivity contribution in [2.75, 3.05) is 47.1 Å². The molecule has 0 aliphatic carbocycles. The van der Waals surface area contributed by atoms with Gasteiger partial charge in [0.25, 0.3) is 0 Å². The minimum absolute atomic E-state index is 0.640. The number of aromatic nitrogens is 1. The molecule has 0 saturated heterocycles. The van der Waals surface area contributed by atoms with Crippen molar-refractivity contribution in [2.24, 2.45) is 12.0 Å². The van der Waals surface area contributed by atoms with Gasteiger partial charge in [-0.2, -0.15) is 0 Å². The summed E-state index contributed by atoms with van der Waals surface area (Å²) in [6.45, 7) is 6.47. The van der Waals surface area contributed by atoms with Gasteiger partial charge in [-0.05, 0) is 35.3 Å². The van der Waals surface area contributed by atoms with Gasteiger partial charge in [0.1, 0.15) is 0 Å². The third kappa shape index (κ3) is 7.85. The third-order valence-electron chi connectivity index (χ3n) is 3.31. The van der Waals surface area contributed by atoms with Gasteiger partial charge in [0.2, 0.25) is 0 Å². The van der Waals surface area contributed by atoms with Crippen molar-refractivity contribution in [2.45, 2.75) is 19.9 Å². The number of nitrogens with zero attached hydrogens (tertiary/aromatic N) is 3. The number of ether oxygens (including phenoxy) is 2.